The van der Waals surface area contributed by atoms with Crippen molar-refractivity contribution in [2.75, 3.05) is 37.0 Å². The number of anilines is 2. The number of aryl methyl sites for hydroxylation is 1. The Morgan fingerprint density at radius 2 is 1.57 bits per heavy atom. The second-order valence-electron chi connectivity index (χ2n) is 9.88. The van der Waals surface area contributed by atoms with E-state index in [-0.39, 0.29) is 12.0 Å². The van der Waals surface area contributed by atoms with Crippen molar-refractivity contribution in [1.82, 2.24) is 0 Å². The maximum atomic E-state index is 10.5. The zero-order chi connectivity index (χ0) is 25.6. The van der Waals surface area contributed by atoms with Crippen LogP contribution in [0.5, 0.6) is 11.5 Å². The molecule has 0 aliphatic heterocycles. The molecule has 1 N–H and O–H groups in total. The van der Waals surface area contributed by atoms with Gasteiger partial charge in [0.25, 0.3) is 5.17 Å². The van der Waals surface area contributed by atoms with E-state index in [1.807, 2.05) is 67.5 Å². The molecular weight excluding hydrogens is 456 g/mol. The van der Waals surface area contributed by atoms with Crippen LogP contribution >= 0.6 is 12.2 Å². The zero-order valence-electron chi connectivity index (χ0n) is 21.5. The van der Waals surface area contributed by atoms with E-state index in [0.717, 1.165) is 11.4 Å². The fourth-order valence-corrected chi connectivity index (χ4v) is 3.81. The first-order chi connectivity index (χ1) is 16.5. The summed E-state index contributed by atoms with van der Waals surface area (Å²) in [5, 5.41) is 10.8. The maximum Gasteiger partial charge on any atom is 0.269 e. The van der Waals surface area contributed by atoms with Gasteiger partial charge in [0.05, 0.1) is 0 Å². The standard InChI is InChI=1S/C29H36N2O3S/c1-21-9-7-10-23(17-21)30(5)19-25(32)20-33-27-12-8-11-24(18-27)31(6)28(35)34-26-15-13-22(14-16-26)29(2,3)4/h7-18,25,32H,19-20H2,1-6H3. The lowest BCUT2D eigenvalue weighted by atomic mass is 9.87. The molecule has 6 heteroatoms. The number of benzene rings is 3. The summed E-state index contributed by atoms with van der Waals surface area (Å²) in [6, 6.07) is 23.8. The van der Waals surface area contributed by atoms with E-state index in [2.05, 4.69) is 52.0 Å². The van der Waals surface area contributed by atoms with Gasteiger partial charge in [-0.2, -0.15) is 0 Å². The van der Waals surface area contributed by atoms with Crippen molar-refractivity contribution >= 4 is 28.8 Å². The third kappa shape index (κ3) is 7.70. The molecule has 1 unspecified atom stereocenters. The average molecular weight is 493 g/mol. The van der Waals surface area contributed by atoms with Gasteiger partial charge >= 0.3 is 0 Å². The van der Waals surface area contributed by atoms with Crippen molar-refractivity contribution in [3.63, 3.8) is 0 Å². The van der Waals surface area contributed by atoms with Crippen LogP contribution < -0.4 is 19.3 Å². The van der Waals surface area contributed by atoms with Crippen LogP contribution in [-0.2, 0) is 5.41 Å². The molecule has 0 heterocycles. The number of nitrogens with zero attached hydrogens (tertiary/aromatic N) is 2. The van der Waals surface area contributed by atoms with E-state index >= 15 is 0 Å². The molecule has 5 nitrogen and oxygen atoms in total. The minimum absolute atomic E-state index is 0.0832. The van der Waals surface area contributed by atoms with Crippen molar-refractivity contribution in [2.45, 2.75) is 39.2 Å². The minimum Gasteiger partial charge on any atom is -0.491 e. The topological polar surface area (TPSA) is 45.2 Å². The molecule has 0 radical (unpaired) electrons. The number of aliphatic hydroxyl groups is 1. The first-order valence-electron chi connectivity index (χ1n) is 11.8. The van der Waals surface area contributed by atoms with Gasteiger partial charge in [-0.1, -0.05) is 51.1 Å². The molecule has 0 bridgehead atoms. The van der Waals surface area contributed by atoms with Gasteiger partial charge in [-0.3, -0.25) is 0 Å². The number of hydrogen-bond donors (Lipinski definition) is 1. The smallest absolute Gasteiger partial charge is 0.269 e. The second-order valence-corrected chi connectivity index (χ2v) is 10.2. The quantitative estimate of drug-likeness (QED) is 0.391. The van der Waals surface area contributed by atoms with E-state index in [4.69, 9.17) is 21.7 Å². The predicted molar refractivity (Wildman–Crippen MR) is 149 cm³/mol. The Kier molecular flexibility index (Phi) is 8.76. The van der Waals surface area contributed by atoms with Crippen LogP contribution in [0.1, 0.15) is 31.9 Å². The van der Waals surface area contributed by atoms with Crippen LogP contribution in [0.25, 0.3) is 0 Å². The van der Waals surface area contributed by atoms with E-state index in [9.17, 15) is 5.11 Å². The highest BCUT2D eigenvalue weighted by molar-refractivity contribution is 7.80. The molecule has 0 spiro atoms. The Hall–Kier alpha value is -3.09. The van der Waals surface area contributed by atoms with Crippen molar-refractivity contribution in [3.05, 3.63) is 83.9 Å². The summed E-state index contributed by atoms with van der Waals surface area (Å²) in [4.78, 5) is 3.82. The highest BCUT2D eigenvalue weighted by Gasteiger charge is 2.15. The SMILES string of the molecule is Cc1cccc(N(C)CC(O)COc2cccc(N(C)C(=S)Oc3ccc(C(C)(C)C)cc3)c2)c1. The molecule has 0 aliphatic rings. The molecule has 0 saturated heterocycles. The Balaban J connectivity index is 1.55. The summed E-state index contributed by atoms with van der Waals surface area (Å²) >= 11 is 5.52. The summed E-state index contributed by atoms with van der Waals surface area (Å²) in [5.41, 5.74) is 4.41. The van der Waals surface area contributed by atoms with E-state index in [1.54, 1.807) is 4.90 Å². The summed E-state index contributed by atoms with van der Waals surface area (Å²) in [6.07, 6.45) is -0.637. The first-order valence-corrected chi connectivity index (χ1v) is 12.2. The molecular formula is C29H36N2O3S. The van der Waals surface area contributed by atoms with Gasteiger partial charge in [-0.25, -0.2) is 0 Å². The Morgan fingerprint density at radius 1 is 0.914 bits per heavy atom. The van der Waals surface area contributed by atoms with Crippen molar-refractivity contribution < 1.29 is 14.6 Å². The van der Waals surface area contributed by atoms with Crippen LogP contribution in [0, 0.1) is 6.92 Å². The molecule has 0 aliphatic carbocycles. The summed E-state index contributed by atoms with van der Waals surface area (Å²) in [5.74, 6) is 1.35. The molecule has 186 valence electrons. The summed E-state index contributed by atoms with van der Waals surface area (Å²) < 4.78 is 11.8. The molecule has 0 aromatic heterocycles. The summed E-state index contributed by atoms with van der Waals surface area (Å²) in [7, 11) is 3.82. The van der Waals surface area contributed by atoms with Crippen LogP contribution in [-0.4, -0.2) is 43.6 Å². The van der Waals surface area contributed by atoms with Gasteiger partial charge in [-0.05, 0) is 72.1 Å². The van der Waals surface area contributed by atoms with Crippen LogP contribution in [0.15, 0.2) is 72.8 Å². The molecule has 35 heavy (non-hydrogen) atoms. The Bertz CT molecular complexity index is 1130. The molecule has 3 aromatic carbocycles. The number of aliphatic hydroxyl groups excluding tert-OH is 1. The third-order valence-corrected chi connectivity index (χ3v) is 6.13. The van der Waals surface area contributed by atoms with Gasteiger partial charge < -0.3 is 24.4 Å². The van der Waals surface area contributed by atoms with Crippen LogP contribution in [0.2, 0.25) is 0 Å². The van der Waals surface area contributed by atoms with Crippen molar-refractivity contribution in [1.29, 1.82) is 0 Å². The monoisotopic (exact) mass is 492 g/mol. The first kappa shape index (κ1) is 26.5. The van der Waals surface area contributed by atoms with Crippen LogP contribution in [0.3, 0.4) is 0 Å². The lowest BCUT2D eigenvalue weighted by molar-refractivity contribution is 0.113. The van der Waals surface area contributed by atoms with Gasteiger partial charge in [0.15, 0.2) is 0 Å². The number of likely N-dealkylation sites (N-methyl/N-ethyl adjacent to an activating group) is 1. The highest BCUT2D eigenvalue weighted by Crippen LogP contribution is 2.26. The molecule has 0 saturated carbocycles. The van der Waals surface area contributed by atoms with Gasteiger partial charge in [0.1, 0.15) is 24.2 Å². The second kappa shape index (κ2) is 11.6. The largest absolute Gasteiger partial charge is 0.491 e. The predicted octanol–water partition coefficient (Wildman–Crippen LogP) is 5.97. The molecule has 1 atom stereocenters. The number of ether oxygens (including phenoxy) is 2. The Morgan fingerprint density at radius 3 is 2.23 bits per heavy atom. The number of hydrogen-bond acceptors (Lipinski definition) is 5. The van der Waals surface area contributed by atoms with E-state index < -0.39 is 6.10 Å². The normalized spacial score (nSPS) is 12.1. The zero-order valence-corrected chi connectivity index (χ0v) is 22.3. The van der Waals surface area contributed by atoms with Gasteiger partial charge in [0, 0.05) is 38.1 Å². The third-order valence-electron chi connectivity index (χ3n) is 5.77. The Labute approximate surface area is 214 Å². The lowest BCUT2D eigenvalue weighted by Gasteiger charge is -2.24. The summed E-state index contributed by atoms with van der Waals surface area (Å²) in [6.45, 7) is 9.24. The van der Waals surface area contributed by atoms with Crippen molar-refractivity contribution in [3.8, 4) is 11.5 Å². The molecule has 3 aromatic rings. The average Bonchev–Trinajstić information content (AvgIpc) is 2.82. The number of thiocarbonyl (C=S) groups is 1. The minimum atomic E-state index is -0.637. The molecule has 0 amide bonds. The maximum absolute atomic E-state index is 10.5. The van der Waals surface area contributed by atoms with Crippen molar-refractivity contribution in [2.24, 2.45) is 0 Å². The number of rotatable bonds is 8. The van der Waals surface area contributed by atoms with Gasteiger partial charge in [-0.15, -0.1) is 0 Å². The van der Waals surface area contributed by atoms with E-state index in [0.29, 0.717) is 23.2 Å². The molecule has 0 fully saturated rings. The van der Waals surface area contributed by atoms with Gasteiger partial charge in [0.2, 0.25) is 0 Å². The fraction of sp³-hybridized carbons (Fsp3) is 0.345. The van der Waals surface area contributed by atoms with Crippen LogP contribution in [0.4, 0.5) is 11.4 Å². The fourth-order valence-electron chi connectivity index (χ4n) is 3.61. The highest BCUT2D eigenvalue weighted by atomic mass is 32.1. The lowest BCUT2D eigenvalue weighted by Crippen LogP contribution is -2.33. The van der Waals surface area contributed by atoms with E-state index in [1.165, 1.54) is 11.1 Å². The molecule has 3 rings (SSSR count).